The Labute approximate surface area is 112 Å². The van der Waals surface area contributed by atoms with Crippen molar-refractivity contribution in [3.63, 3.8) is 0 Å². The Kier molecular flexibility index (Phi) is 3.83. The van der Waals surface area contributed by atoms with E-state index in [0.717, 1.165) is 12.1 Å². The molecule has 0 aliphatic rings. The number of phenolic OH excluding ortho intramolecular Hbond substituents is 1. The first-order valence-corrected chi connectivity index (χ1v) is 5.78. The van der Waals surface area contributed by atoms with Crippen molar-refractivity contribution in [3.05, 3.63) is 59.2 Å². The Balaban J connectivity index is 2.30. The van der Waals surface area contributed by atoms with Crippen LogP contribution in [0.3, 0.4) is 0 Å². The highest BCUT2D eigenvalue weighted by Gasteiger charge is 2.16. The Bertz CT molecular complexity index is 645. The summed E-state index contributed by atoms with van der Waals surface area (Å²) in [5, 5.41) is 11.6. The number of phenols is 1. The fourth-order valence-electron chi connectivity index (χ4n) is 1.84. The summed E-state index contributed by atoms with van der Waals surface area (Å²) in [5.41, 5.74) is -0.269. The SMILES string of the molecule is CC(Nc1cc(F)cc(F)c1F)c1ccc(O)cc1F. The Morgan fingerprint density at radius 2 is 1.70 bits per heavy atom. The Morgan fingerprint density at radius 1 is 1.00 bits per heavy atom. The lowest BCUT2D eigenvalue weighted by atomic mass is 10.1. The van der Waals surface area contributed by atoms with Crippen LogP contribution in [-0.4, -0.2) is 5.11 Å². The molecule has 0 aromatic heterocycles. The average Bonchev–Trinajstić information content (AvgIpc) is 2.35. The number of halogens is 4. The van der Waals surface area contributed by atoms with Gasteiger partial charge in [0.15, 0.2) is 11.6 Å². The smallest absolute Gasteiger partial charge is 0.182 e. The molecule has 2 aromatic rings. The third-order valence-electron chi connectivity index (χ3n) is 2.82. The Hall–Kier alpha value is -2.24. The first kappa shape index (κ1) is 14.2. The second-order valence-corrected chi connectivity index (χ2v) is 4.32. The molecule has 2 N–H and O–H groups in total. The van der Waals surface area contributed by atoms with Gasteiger partial charge >= 0.3 is 0 Å². The van der Waals surface area contributed by atoms with Crippen LogP contribution >= 0.6 is 0 Å². The molecule has 0 aliphatic carbocycles. The van der Waals surface area contributed by atoms with Crippen LogP contribution in [0.5, 0.6) is 5.75 Å². The normalized spacial score (nSPS) is 12.2. The molecule has 0 heterocycles. The topological polar surface area (TPSA) is 32.3 Å². The molecule has 0 saturated carbocycles. The van der Waals surface area contributed by atoms with E-state index in [-0.39, 0.29) is 11.3 Å². The van der Waals surface area contributed by atoms with Gasteiger partial charge in [-0.25, -0.2) is 17.6 Å². The lowest BCUT2D eigenvalue weighted by Crippen LogP contribution is -2.10. The molecule has 2 rings (SSSR count). The summed E-state index contributed by atoms with van der Waals surface area (Å²) in [5.74, 6) is -4.46. The van der Waals surface area contributed by atoms with Gasteiger partial charge in [-0.05, 0) is 13.0 Å². The zero-order chi connectivity index (χ0) is 14.9. The molecule has 0 fully saturated rings. The van der Waals surface area contributed by atoms with Gasteiger partial charge in [0, 0.05) is 23.8 Å². The largest absolute Gasteiger partial charge is 0.508 e. The summed E-state index contributed by atoms with van der Waals surface area (Å²) in [4.78, 5) is 0. The van der Waals surface area contributed by atoms with Crippen LogP contribution < -0.4 is 5.32 Å². The van der Waals surface area contributed by atoms with Gasteiger partial charge in [0.05, 0.1) is 11.7 Å². The molecule has 6 heteroatoms. The minimum atomic E-state index is -1.33. The van der Waals surface area contributed by atoms with Crippen molar-refractivity contribution < 1.29 is 22.7 Å². The zero-order valence-electron chi connectivity index (χ0n) is 10.4. The van der Waals surface area contributed by atoms with Gasteiger partial charge in [0.2, 0.25) is 0 Å². The monoisotopic (exact) mass is 285 g/mol. The average molecular weight is 285 g/mol. The van der Waals surface area contributed by atoms with Gasteiger partial charge in [-0.2, -0.15) is 0 Å². The van der Waals surface area contributed by atoms with Crippen molar-refractivity contribution in [1.29, 1.82) is 0 Å². The van der Waals surface area contributed by atoms with Gasteiger partial charge in [0.1, 0.15) is 17.4 Å². The van der Waals surface area contributed by atoms with Crippen molar-refractivity contribution >= 4 is 5.69 Å². The summed E-state index contributed by atoms with van der Waals surface area (Å²) in [6.07, 6.45) is 0. The van der Waals surface area contributed by atoms with Crippen LogP contribution in [0.15, 0.2) is 30.3 Å². The first-order chi connectivity index (χ1) is 9.38. The maximum atomic E-state index is 13.6. The van der Waals surface area contributed by atoms with E-state index in [1.54, 1.807) is 0 Å². The summed E-state index contributed by atoms with van der Waals surface area (Å²) in [6.45, 7) is 1.50. The summed E-state index contributed by atoms with van der Waals surface area (Å²) in [7, 11) is 0. The van der Waals surface area contributed by atoms with E-state index in [1.807, 2.05) is 0 Å². The number of anilines is 1. The molecule has 0 bridgehead atoms. The molecule has 106 valence electrons. The highest BCUT2D eigenvalue weighted by molar-refractivity contribution is 5.48. The van der Waals surface area contributed by atoms with Crippen molar-refractivity contribution in [3.8, 4) is 5.75 Å². The van der Waals surface area contributed by atoms with Crippen LogP contribution in [0.4, 0.5) is 23.2 Å². The van der Waals surface area contributed by atoms with Crippen LogP contribution in [-0.2, 0) is 0 Å². The lowest BCUT2D eigenvalue weighted by Gasteiger charge is -2.17. The summed E-state index contributed by atoms with van der Waals surface area (Å²) < 4.78 is 53.2. The molecule has 0 spiro atoms. The number of nitrogens with one attached hydrogen (secondary N) is 1. The van der Waals surface area contributed by atoms with Gasteiger partial charge < -0.3 is 10.4 Å². The molecule has 0 radical (unpaired) electrons. The second-order valence-electron chi connectivity index (χ2n) is 4.32. The first-order valence-electron chi connectivity index (χ1n) is 5.78. The molecule has 0 saturated heterocycles. The number of hydrogen-bond donors (Lipinski definition) is 2. The van der Waals surface area contributed by atoms with Gasteiger partial charge in [-0.15, -0.1) is 0 Å². The molecule has 0 aliphatic heterocycles. The van der Waals surface area contributed by atoms with Crippen LogP contribution in [0.25, 0.3) is 0 Å². The molecular formula is C14H11F4NO. The van der Waals surface area contributed by atoms with E-state index >= 15 is 0 Å². The van der Waals surface area contributed by atoms with E-state index in [9.17, 15) is 17.6 Å². The predicted molar refractivity (Wildman–Crippen MR) is 66.4 cm³/mol. The van der Waals surface area contributed by atoms with E-state index < -0.39 is 35.0 Å². The molecule has 2 aromatic carbocycles. The van der Waals surface area contributed by atoms with Gasteiger partial charge in [0.25, 0.3) is 0 Å². The number of hydrogen-bond acceptors (Lipinski definition) is 2. The van der Waals surface area contributed by atoms with E-state index in [1.165, 1.54) is 19.1 Å². The zero-order valence-corrected chi connectivity index (χ0v) is 10.4. The van der Waals surface area contributed by atoms with Crippen LogP contribution in [0.2, 0.25) is 0 Å². The minimum absolute atomic E-state index is 0.131. The van der Waals surface area contributed by atoms with E-state index in [4.69, 9.17) is 5.11 Å². The fourth-order valence-corrected chi connectivity index (χ4v) is 1.84. The molecule has 1 atom stereocenters. The maximum absolute atomic E-state index is 13.6. The number of benzene rings is 2. The fraction of sp³-hybridized carbons (Fsp3) is 0.143. The standard InChI is InChI=1S/C14H11F4NO/c1-7(10-3-2-9(20)6-11(10)16)19-13-5-8(15)4-12(17)14(13)18/h2-7,19-20H,1H3. The Morgan fingerprint density at radius 3 is 2.35 bits per heavy atom. The molecule has 1 unspecified atom stereocenters. The van der Waals surface area contributed by atoms with Crippen molar-refractivity contribution in [2.45, 2.75) is 13.0 Å². The number of rotatable bonds is 3. The van der Waals surface area contributed by atoms with Crippen LogP contribution in [0.1, 0.15) is 18.5 Å². The third-order valence-corrected chi connectivity index (χ3v) is 2.82. The van der Waals surface area contributed by atoms with E-state index in [2.05, 4.69) is 5.32 Å². The van der Waals surface area contributed by atoms with Crippen molar-refractivity contribution in [2.75, 3.05) is 5.32 Å². The van der Waals surface area contributed by atoms with Gasteiger partial charge in [-0.1, -0.05) is 6.07 Å². The van der Waals surface area contributed by atoms with Crippen molar-refractivity contribution in [2.24, 2.45) is 0 Å². The third kappa shape index (κ3) is 2.84. The highest BCUT2D eigenvalue weighted by atomic mass is 19.2. The summed E-state index contributed by atoms with van der Waals surface area (Å²) >= 11 is 0. The van der Waals surface area contributed by atoms with E-state index in [0.29, 0.717) is 6.07 Å². The number of aromatic hydroxyl groups is 1. The summed E-state index contributed by atoms with van der Waals surface area (Å²) in [6, 6.07) is 3.93. The quantitative estimate of drug-likeness (QED) is 0.656. The second kappa shape index (κ2) is 5.40. The highest BCUT2D eigenvalue weighted by Crippen LogP contribution is 2.27. The minimum Gasteiger partial charge on any atom is -0.508 e. The predicted octanol–water partition coefficient (Wildman–Crippen LogP) is 4.12. The molecule has 20 heavy (non-hydrogen) atoms. The molecular weight excluding hydrogens is 274 g/mol. The lowest BCUT2D eigenvalue weighted by molar-refractivity contribution is 0.467. The molecule has 0 amide bonds. The molecule has 2 nitrogen and oxygen atoms in total. The van der Waals surface area contributed by atoms with Gasteiger partial charge in [-0.3, -0.25) is 0 Å². The maximum Gasteiger partial charge on any atom is 0.182 e. The van der Waals surface area contributed by atoms with Crippen molar-refractivity contribution in [1.82, 2.24) is 0 Å². The van der Waals surface area contributed by atoms with Crippen LogP contribution in [0, 0.1) is 23.3 Å².